The summed E-state index contributed by atoms with van der Waals surface area (Å²) in [5.41, 5.74) is 1.25. The number of hydrogen-bond acceptors (Lipinski definition) is 7. The minimum atomic E-state index is -0.810. The van der Waals surface area contributed by atoms with E-state index in [1.54, 1.807) is 43.9 Å². The van der Waals surface area contributed by atoms with Gasteiger partial charge < -0.3 is 24.3 Å². The van der Waals surface area contributed by atoms with E-state index < -0.39 is 12.0 Å². The van der Waals surface area contributed by atoms with Crippen molar-refractivity contribution in [2.45, 2.75) is 17.9 Å². The highest BCUT2D eigenvalue weighted by Gasteiger charge is 2.38. The Morgan fingerprint density at radius 1 is 1.12 bits per heavy atom. The molecule has 0 radical (unpaired) electrons. The van der Waals surface area contributed by atoms with E-state index in [1.807, 2.05) is 30.5 Å². The third-order valence-corrected chi connectivity index (χ3v) is 6.00. The Kier molecular flexibility index (Phi) is 8.11. The lowest BCUT2D eigenvalue weighted by Crippen LogP contribution is -2.48. The van der Waals surface area contributed by atoms with E-state index in [0.29, 0.717) is 28.5 Å². The molecular formula is C24H28N2O6S. The van der Waals surface area contributed by atoms with Gasteiger partial charge in [-0.25, -0.2) is 9.59 Å². The van der Waals surface area contributed by atoms with Crippen LogP contribution in [0.1, 0.15) is 18.5 Å². The molecule has 176 valence electrons. The predicted octanol–water partition coefficient (Wildman–Crippen LogP) is 4.02. The van der Waals surface area contributed by atoms with Crippen LogP contribution < -0.4 is 19.5 Å². The molecule has 9 heteroatoms. The summed E-state index contributed by atoms with van der Waals surface area (Å²) < 4.78 is 22.3. The van der Waals surface area contributed by atoms with Gasteiger partial charge in [0.2, 0.25) is 0 Å². The quantitative estimate of drug-likeness (QED) is 0.436. The Balaban J connectivity index is 2.08. The summed E-state index contributed by atoms with van der Waals surface area (Å²) in [4.78, 5) is 28.4. The zero-order valence-corrected chi connectivity index (χ0v) is 20.2. The Labute approximate surface area is 197 Å². The van der Waals surface area contributed by atoms with Crippen LogP contribution in [-0.4, -0.2) is 57.6 Å². The van der Waals surface area contributed by atoms with Crippen LogP contribution in [0.2, 0.25) is 0 Å². The van der Waals surface area contributed by atoms with Crippen LogP contribution in [-0.2, 0) is 9.53 Å². The number of amides is 2. The zero-order valence-electron chi connectivity index (χ0n) is 19.3. The fraction of sp³-hybridized carbons (Fsp3) is 0.333. The molecule has 0 aromatic heterocycles. The summed E-state index contributed by atoms with van der Waals surface area (Å²) in [7, 11) is 4.62. The monoisotopic (exact) mass is 472 g/mol. The van der Waals surface area contributed by atoms with Crippen molar-refractivity contribution in [2.24, 2.45) is 0 Å². The number of methoxy groups -OCH3 is 2. The van der Waals surface area contributed by atoms with Crippen molar-refractivity contribution >= 4 is 23.8 Å². The molecule has 1 N–H and O–H groups in total. The summed E-state index contributed by atoms with van der Waals surface area (Å²) in [5.74, 6) is 0.983. The Morgan fingerprint density at radius 3 is 2.45 bits per heavy atom. The first-order valence-electron chi connectivity index (χ1n) is 10.4. The highest BCUT2D eigenvalue weighted by Crippen LogP contribution is 2.40. The minimum absolute atomic E-state index is 0.000530. The van der Waals surface area contributed by atoms with Gasteiger partial charge in [0.1, 0.15) is 12.4 Å². The summed E-state index contributed by atoms with van der Waals surface area (Å²) in [5, 5.41) is 2.88. The lowest BCUT2D eigenvalue weighted by molar-refractivity contribution is -0.139. The maximum absolute atomic E-state index is 13.1. The number of nitrogens with zero attached hydrogens (tertiary/aromatic N) is 1. The third kappa shape index (κ3) is 5.19. The van der Waals surface area contributed by atoms with Gasteiger partial charge in [-0.1, -0.05) is 12.1 Å². The molecule has 1 aliphatic rings. The molecule has 1 aliphatic heterocycles. The average molecular weight is 473 g/mol. The SMILES string of the molecule is CCOC(=O)C1=C(COc2ccc(SC)cc2)N(C)C(=O)NC1c1cccc(OC)c1OC. The second-order valence-corrected chi connectivity index (χ2v) is 7.95. The Morgan fingerprint density at radius 2 is 1.85 bits per heavy atom. The summed E-state index contributed by atoms with van der Waals surface area (Å²) >= 11 is 1.63. The van der Waals surface area contributed by atoms with Gasteiger partial charge in [-0.3, -0.25) is 4.90 Å². The van der Waals surface area contributed by atoms with E-state index >= 15 is 0 Å². The van der Waals surface area contributed by atoms with Crippen LogP contribution >= 0.6 is 11.8 Å². The number of carbonyl (C=O) groups is 2. The van der Waals surface area contributed by atoms with Gasteiger partial charge in [-0.15, -0.1) is 11.8 Å². The van der Waals surface area contributed by atoms with Gasteiger partial charge in [-0.2, -0.15) is 0 Å². The number of benzene rings is 2. The highest BCUT2D eigenvalue weighted by molar-refractivity contribution is 7.98. The molecule has 2 amide bonds. The maximum atomic E-state index is 13.1. The number of likely N-dealkylation sites (N-methyl/N-ethyl adjacent to an activating group) is 1. The van der Waals surface area contributed by atoms with Crippen molar-refractivity contribution in [2.75, 3.05) is 40.7 Å². The summed E-state index contributed by atoms with van der Waals surface area (Å²) in [6.45, 7) is 1.92. The van der Waals surface area contributed by atoms with Gasteiger partial charge in [0.25, 0.3) is 0 Å². The van der Waals surface area contributed by atoms with E-state index in [4.69, 9.17) is 18.9 Å². The number of thioether (sulfide) groups is 1. The minimum Gasteiger partial charge on any atom is -0.493 e. The van der Waals surface area contributed by atoms with E-state index in [0.717, 1.165) is 4.90 Å². The lowest BCUT2D eigenvalue weighted by Gasteiger charge is -2.35. The first-order chi connectivity index (χ1) is 15.9. The smallest absolute Gasteiger partial charge is 0.338 e. The fourth-order valence-corrected chi connectivity index (χ4v) is 3.99. The molecule has 33 heavy (non-hydrogen) atoms. The second kappa shape index (κ2) is 11.0. The molecular weight excluding hydrogens is 444 g/mol. The Hall–Kier alpha value is -3.33. The van der Waals surface area contributed by atoms with Crippen molar-refractivity contribution in [3.63, 3.8) is 0 Å². The standard InChI is InChI=1S/C24H28N2O6S/c1-6-31-23(27)20-18(14-32-15-10-12-16(33-5)13-11-15)26(2)24(28)25-21(20)17-8-7-9-19(29-3)22(17)30-4/h7-13,21H,6,14H2,1-5H3,(H,25,28). The van der Waals surface area contributed by atoms with Gasteiger partial charge in [-0.05, 0) is 43.5 Å². The fourth-order valence-electron chi connectivity index (χ4n) is 3.58. The number of nitrogens with one attached hydrogen (secondary N) is 1. The molecule has 0 fully saturated rings. The van der Waals surface area contributed by atoms with Gasteiger partial charge in [0.05, 0.1) is 38.1 Å². The summed E-state index contributed by atoms with van der Waals surface area (Å²) in [6, 6.07) is 11.7. The van der Waals surface area contributed by atoms with Crippen molar-refractivity contribution in [3.8, 4) is 17.2 Å². The molecule has 8 nitrogen and oxygen atoms in total. The maximum Gasteiger partial charge on any atom is 0.338 e. The number of urea groups is 1. The van der Waals surface area contributed by atoms with Crippen molar-refractivity contribution in [3.05, 3.63) is 59.3 Å². The largest absolute Gasteiger partial charge is 0.493 e. The van der Waals surface area contributed by atoms with Crippen molar-refractivity contribution in [1.29, 1.82) is 0 Å². The van der Waals surface area contributed by atoms with Crippen LogP contribution in [0.4, 0.5) is 4.79 Å². The number of esters is 1. The molecule has 0 saturated heterocycles. The van der Waals surface area contributed by atoms with Gasteiger partial charge in [0.15, 0.2) is 11.5 Å². The topological polar surface area (TPSA) is 86.3 Å². The van der Waals surface area contributed by atoms with Crippen molar-refractivity contribution < 1.29 is 28.5 Å². The molecule has 0 aliphatic carbocycles. The molecule has 1 atom stereocenters. The third-order valence-electron chi connectivity index (χ3n) is 5.25. The van der Waals surface area contributed by atoms with Crippen LogP contribution in [0, 0.1) is 0 Å². The molecule has 1 unspecified atom stereocenters. The first-order valence-corrected chi connectivity index (χ1v) is 11.6. The van der Waals surface area contributed by atoms with Crippen LogP contribution in [0.5, 0.6) is 17.2 Å². The number of carbonyl (C=O) groups excluding carboxylic acids is 2. The molecule has 0 spiro atoms. The van der Waals surface area contributed by atoms with Gasteiger partial charge in [0, 0.05) is 17.5 Å². The number of hydrogen-bond donors (Lipinski definition) is 1. The number of ether oxygens (including phenoxy) is 4. The molecule has 0 bridgehead atoms. The Bertz CT molecular complexity index is 1040. The predicted molar refractivity (Wildman–Crippen MR) is 126 cm³/mol. The lowest BCUT2D eigenvalue weighted by atomic mass is 9.93. The van der Waals surface area contributed by atoms with Crippen LogP contribution in [0.3, 0.4) is 0 Å². The molecule has 2 aromatic rings. The number of rotatable bonds is 9. The van der Waals surface area contributed by atoms with Crippen LogP contribution in [0.15, 0.2) is 58.6 Å². The molecule has 0 saturated carbocycles. The van der Waals surface area contributed by atoms with E-state index in [9.17, 15) is 9.59 Å². The molecule has 1 heterocycles. The second-order valence-electron chi connectivity index (χ2n) is 7.07. The van der Waals surface area contributed by atoms with E-state index in [-0.39, 0.29) is 24.8 Å². The summed E-state index contributed by atoms with van der Waals surface area (Å²) in [6.07, 6.45) is 1.99. The number of para-hydroxylation sites is 1. The van der Waals surface area contributed by atoms with Crippen molar-refractivity contribution in [1.82, 2.24) is 10.2 Å². The zero-order chi connectivity index (χ0) is 24.0. The molecule has 2 aromatic carbocycles. The highest BCUT2D eigenvalue weighted by atomic mass is 32.2. The van der Waals surface area contributed by atoms with E-state index in [1.165, 1.54) is 19.1 Å². The van der Waals surface area contributed by atoms with Crippen LogP contribution in [0.25, 0.3) is 0 Å². The van der Waals surface area contributed by atoms with E-state index in [2.05, 4.69) is 5.32 Å². The van der Waals surface area contributed by atoms with Gasteiger partial charge >= 0.3 is 12.0 Å². The normalized spacial score (nSPS) is 15.7. The average Bonchev–Trinajstić information content (AvgIpc) is 2.84. The first kappa shape index (κ1) is 24.3. The molecule has 3 rings (SSSR count).